The van der Waals surface area contributed by atoms with Gasteiger partial charge in [-0.2, -0.15) is 0 Å². The Bertz CT molecular complexity index is 1270. The minimum absolute atomic E-state index is 0.0425. The number of benzene rings is 1. The van der Waals surface area contributed by atoms with E-state index in [0.29, 0.717) is 6.04 Å². The van der Waals surface area contributed by atoms with Gasteiger partial charge in [-0.15, -0.1) is 0 Å². The first kappa shape index (κ1) is 23.3. The molecule has 1 atom stereocenters. The number of piperidine rings is 1. The molecule has 1 amide bonds. The van der Waals surface area contributed by atoms with Gasteiger partial charge in [0, 0.05) is 28.6 Å². The van der Waals surface area contributed by atoms with E-state index in [0.717, 1.165) is 47.7 Å². The predicted molar refractivity (Wildman–Crippen MR) is 140 cm³/mol. The molecule has 3 heterocycles. The molecule has 1 aromatic carbocycles. The number of nitrogens with one attached hydrogen (secondary N) is 1. The Balaban J connectivity index is 0.981. The van der Waals surface area contributed by atoms with Gasteiger partial charge in [0.2, 0.25) is 5.91 Å². The van der Waals surface area contributed by atoms with E-state index in [4.69, 9.17) is 8.94 Å². The molecule has 1 N–H and O–H groups in total. The van der Waals surface area contributed by atoms with E-state index in [1.807, 2.05) is 36.6 Å². The van der Waals surface area contributed by atoms with Gasteiger partial charge >= 0.3 is 0 Å². The van der Waals surface area contributed by atoms with Crippen molar-refractivity contribution < 1.29 is 13.7 Å². The third-order valence-corrected chi connectivity index (χ3v) is 8.27. The lowest BCUT2D eigenvalue weighted by atomic mass is 9.83. The first-order valence-corrected chi connectivity index (χ1v) is 13.6. The molecule has 4 aliphatic rings. The van der Waals surface area contributed by atoms with Crippen LogP contribution in [0.1, 0.15) is 68.7 Å². The Morgan fingerprint density at radius 3 is 2.83 bits per heavy atom. The van der Waals surface area contributed by atoms with Crippen LogP contribution in [0.25, 0.3) is 22.3 Å². The maximum absolute atomic E-state index is 12.7. The summed E-state index contributed by atoms with van der Waals surface area (Å²) in [6.45, 7) is 2.32. The van der Waals surface area contributed by atoms with E-state index < -0.39 is 0 Å². The van der Waals surface area contributed by atoms with E-state index in [1.165, 1.54) is 56.2 Å². The lowest BCUT2D eigenvalue weighted by Gasteiger charge is -2.37. The molecule has 1 saturated heterocycles. The fraction of sp³-hybridized carbons (Fsp3) is 0.467. The van der Waals surface area contributed by atoms with Gasteiger partial charge in [0.05, 0.1) is 12.7 Å². The van der Waals surface area contributed by atoms with E-state index in [1.54, 1.807) is 0 Å². The number of aromatic nitrogens is 1. The molecular formula is C30H35N3O3. The molecule has 0 bridgehead atoms. The summed E-state index contributed by atoms with van der Waals surface area (Å²) in [5.41, 5.74) is 3.98. The fourth-order valence-electron chi connectivity index (χ4n) is 6.24. The van der Waals surface area contributed by atoms with Gasteiger partial charge < -0.3 is 14.3 Å². The summed E-state index contributed by atoms with van der Waals surface area (Å²) in [5.74, 6) is 1.75. The van der Waals surface area contributed by atoms with Crippen molar-refractivity contribution in [3.05, 3.63) is 66.1 Å². The van der Waals surface area contributed by atoms with Crippen molar-refractivity contribution in [2.75, 3.05) is 13.1 Å². The topological polar surface area (TPSA) is 71.5 Å². The molecule has 36 heavy (non-hydrogen) atoms. The van der Waals surface area contributed by atoms with Crippen molar-refractivity contribution in [2.24, 2.45) is 5.92 Å². The van der Waals surface area contributed by atoms with Gasteiger partial charge in [-0.05, 0) is 88.2 Å². The van der Waals surface area contributed by atoms with Crippen molar-refractivity contribution in [2.45, 2.75) is 69.9 Å². The number of hydrogen-bond acceptors (Lipinski definition) is 5. The van der Waals surface area contributed by atoms with Gasteiger partial charge in [-0.3, -0.25) is 9.69 Å². The highest BCUT2D eigenvalue weighted by Crippen LogP contribution is 2.36. The average Bonchev–Trinajstić information content (AvgIpc) is 3.55. The standard InChI is InChI=1S/C30H35N3O3/c34-30(19-26-25-7-1-2-9-29(25)36-32-26)31-24-13-11-21(12-14-24)15-17-33-16-4-3-8-27(33)23-18-22-6-5-10-28(22)35-20-23/h1-2,5-7,9-10,18,20-21,24,27H,3-4,8,11-17,19H2,(H,31,34). The molecule has 6 heteroatoms. The van der Waals surface area contributed by atoms with Gasteiger partial charge in [0.25, 0.3) is 0 Å². The van der Waals surface area contributed by atoms with Crippen LogP contribution in [0.15, 0.2) is 63.7 Å². The maximum Gasteiger partial charge on any atom is 0.226 e. The number of rotatable bonds is 7. The second-order valence-electron chi connectivity index (χ2n) is 10.6. The Hall–Kier alpha value is -3.12. The van der Waals surface area contributed by atoms with E-state index in [-0.39, 0.29) is 18.4 Å². The SMILES string of the molecule is O=C(Cc1noc2ccccc12)NC1CCC(CCN2CCCCC2c2coc3cccc-3c2)CC1. The lowest BCUT2D eigenvalue weighted by Crippen LogP contribution is -2.39. The zero-order valence-corrected chi connectivity index (χ0v) is 20.8. The van der Waals surface area contributed by atoms with Gasteiger partial charge in [0.15, 0.2) is 5.58 Å². The number of carbonyl (C=O) groups is 1. The predicted octanol–water partition coefficient (Wildman–Crippen LogP) is 6.36. The van der Waals surface area contributed by atoms with Crippen LogP contribution in [-0.4, -0.2) is 35.1 Å². The summed E-state index contributed by atoms with van der Waals surface area (Å²) >= 11 is 0. The number of nitrogens with zero attached hydrogens (tertiary/aromatic N) is 2. The molecule has 2 fully saturated rings. The third-order valence-electron chi connectivity index (χ3n) is 8.27. The quantitative estimate of drug-likeness (QED) is 0.330. The van der Waals surface area contributed by atoms with E-state index in [9.17, 15) is 4.79 Å². The number of fused-ring (bicyclic) bond motifs is 2. The number of hydrogen-bond donors (Lipinski definition) is 1. The molecule has 1 saturated carbocycles. The number of carbonyl (C=O) groups excluding carboxylic acids is 1. The molecule has 1 unspecified atom stereocenters. The Kier molecular flexibility index (Phi) is 6.77. The zero-order chi connectivity index (χ0) is 24.3. The molecule has 1 aromatic heterocycles. The molecule has 6 nitrogen and oxygen atoms in total. The number of likely N-dealkylation sites (tertiary alicyclic amines) is 1. The van der Waals surface area contributed by atoms with Crippen LogP contribution < -0.4 is 5.32 Å². The summed E-state index contributed by atoms with van der Waals surface area (Å²) in [6, 6.07) is 17.0. The van der Waals surface area contributed by atoms with Crippen LogP contribution in [-0.2, 0) is 11.2 Å². The Morgan fingerprint density at radius 2 is 1.92 bits per heavy atom. The highest BCUT2D eigenvalue weighted by atomic mass is 16.5. The van der Waals surface area contributed by atoms with Crippen LogP contribution in [0, 0.1) is 5.92 Å². The highest BCUT2D eigenvalue weighted by Gasteiger charge is 2.28. The first-order valence-electron chi connectivity index (χ1n) is 13.6. The minimum atomic E-state index is 0.0425. The third kappa shape index (κ3) is 5.05. The average molecular weight is 486 g/mol. The summed E-state index contributed by atoms with van der Waals surface area (Å²) in [6.07, 6.45) is 11.8. The molecule has 0 radical (unpaired) electrons. The monoisotopic (exact) mass is 485 g/mol. The minimum Gasteiger partial charge on any atom is -0.464 e. The van der Waals surface area contributed by atoms with Crippen molar-refractivity contribution in [1.82, 2.24) is 15.4 Å². The van der Waals surface area contributed by atoms with Crippen LogP contribution in [0.2, 0.25) is 0 Å². The maximum atomic E-state index is 12.7. The Morgan fingerprint density at radius 1 is 1.03 bits per heavy atom. The molecule has 2 aliphatic heterocycles. The molecule has 0 spiro atoms. The molecule has 188 valence electrons. The molecule has 6 rings (SSSR count). The zero-order valence-electron chi connectivity index (χ0n) is 20.8. The highest BCUT2D eigenvalue weighted by molar-refractivity contribution is 5.86. The second kappa shape index (κ2) is 10.5. The van der Waals surface area contributed by atoms with Crippen LogP contribution in [0.5, 0.6) is 0 Å². The molecular weight excluding hydrogens is 450 g/mol. The Labute approximate surface area is 212 Å². The second-order valence-corrected chi connectivity index (χ2v) is 10.6. The van der Waals surface area contributed by atoms with Crippen molar-refractivity contribution >= 4 is 16.9 Å². The summed E-state index contributed by atoms with van der Waals surface area (Å²) < 4.78 is 11.2. The van der Waals surface area contributed by atoms with Gasteiger partial charge in [-0.25, -0.2) is 0 Å². The molecule has 2 aromatic rings. The van der Waals surface area contributed by atoms with Crippen LogP contribution in [0.4, 0.5) is 0 Å². The van der Waals surface area contributed by atoms with Crippen molar-refractivity contribution in [1.29, 1.82) is 0 Å². The first-order chi connectivity index (χ1) is 17.7. The fourth-order valence-corrected chi connectivity index (χ4v) is 6.24. The van der Waals surface area contributed by atoms with Gasteiger partial charge in [0.1, 0.15) is 11.5 Å². The molecule has 2 aliphatic carbocycles. The van der Waals surface area contributed by atoms with Crippen LogP contribution >= 0.6 is 0 Å². The normalized spacial score (nSPS) is 23.3. The number of para-hydroxylation sites is 1. The summed E-state index contributed by atoms with van der Waals surface area (Å²) in [7, 11) is 0. The summed E-state index contributed by atoms with van der Waals surface area (Å²) in [5, 5.41) is 8.28. The lowest BCUT2D eigenvalue weighted by molar-refractivity contribution is -0.121. The van der Waals surface area contributed by atoms with Gasteiger partial charge in [-0.1, -0.05) is 35.8 Å². The van der Waals surface area contributed by atoms with E-state index >= 15 is 0 Å². The largest absolute Gasteiger partial charge is 0.464 e. The smallest absolute Gasteiger partial charge is 0.226 e. The van der Waals surface area contributed by atoms with Crippen molar-refractivity contribution in [3.63, 3.8) is 0 Å². The van der Waals surface area contributed by atoms with Crippen molar-refractivity contribution in [3.8, 4) is 11.3 Å². The van der Waals surface area contributed by atoms with Crippen LogP contribution in [0.3, 0.4) is 0 Å². The number of amides is 1. The summed E-state index contributed by atoms with van der Waals surface area (Å²) in [4.78, 5) is 15.3. The van der Waals surface area contributed by atoms with E-state index in [2.05, 4.69) is 33.6 Å².